The molecule has 0 spiro atoms. The zero-order valence-corrected chi connectivity index (χ0v) is 8.48. The molecule has 0 aliphatic rings. The van der Waals surface area contributed by atoms with E-state index in [2.05, 4.69) is 26.2 Å². The van der Waals surface area contributed by atoms with Gasteiger partial charge < -0.3 is 10.4 Å². The largest absolute Gasteiger partial charge is 0.395 e. The van der Waals surface area contributed by atoms with Crippen LogP contribution >= 0.6 is 27.3 Å². The predicted molar refractivity (Wildman–Crippen MR) is 49.2 cm³/mol. The second-order valence-electron chi connectivity index (χ2n) is 1.95. The van der Waals surface area contributed by atoms with Gasteiger partial charge in [-0.25, -0.2) is 4.98 Å². The molecular formula is C6H7BrN2O2S. The Balaban J connectivity index is 2.53. The van der Waals surface area contributed by atoms with Gasteiger partial charge in [0.25, 0.3) is 5.91 Å². The summed E-state index contributed by atoms with van der Waals surface area (Å²) in [5, 5.41) is 13.1. The average Bonchev–Trinajstić information content (AvgIpc) is 2.47. The zero-order chi connectivity index (χ0) is 8.97. The van der Waals surface area contributed by atoms with Crippen molar-refractivity contribution in [1.82, 2.24) is 10.3 Å². The highest BCUT2D eigenvalue weighted by Gasteiger charge is 2.08. The molecule has 6 heteroatoms. The summed E-state index contributed by atoms with van der Waals surface area (Å²) in [6, 6.07) is 0. The Hall–Kier alpha value is -0.460. The number of hydrogen-bond acceptors (Lipinski definition) is 4. The molecule has 0 aliphatic carbocycles. The Morgan fingerprint density at radius 2 is 2.58 bits per heavy atom. The third kappa shape index (κ3) is 2.54. The molecule has 1 aromatic rings. The first-order valence-corrected chi connectivity index (χ1v) is 4.91. The van der Waals surface area contributed by atoms with Crippen LogP contribution in [0, 0.1) is 0 Å². The number of rotatable bonds is 3. The van der Waals surface area contributed by atoms with Crippen LogP contribution in [0.5, 0.6) is 0 Å². The Labute approximate surface area is 81.8 Å². The molecule has 0 saturated carbocycles. The second kappa shape index (κ2) is 4.54. The Bertz CT molecular complexity index is 276. The van der Waals surface area contributed by atoms with Gasteiger partial charge in [0.1, 0.15) is 4.60 Å². The van der Waals surface area contributed by atoms with Crippen LogP contribution < -0.4 is 5.32 Å². The number of aliphatic hydroxyl groups excluding tert-OH is 1. The second-order valence-corrected chi connectivity index (χ2v) is 3.63. The molecule has 0 fully saturated rings. The van der Waals surface area contributed by atoms with Gasteiger partial charge >= 0.3 is 0 Å². The lowest BCUT2D eigenvalue weighted by Crippen LogP contribution is -2.26. The summed E-state index contributed by atoms with van der Waals surface area (Å²) in [7, 11) is 0. The Morgan fingerprint density at radius 1 is 1.83 bits per heavy atom. The third-order valence-electron chi connectivity index (χ3n) is 1.07. The minimum absolute atomic E-state index is 0.0573. The number of nitrogens with zero attached hydrogens (tertiary/aromatic N) is 1. The summed E-state index contributed by atoms with van der Waals surface area (Å²) < 4.78 is 0.654. The first kappa shape index (κ1) is 9.63. The molecule has 1 amide bonds. The van der Waals surface area contributed by atoms with Crippen molar-refractivity contribution in [3.05, 3.63) is 15.0 Å². The first-order valence-electron chi connectivity index (χ1n) is 3.24. The standard InChI is InChI=1S/C6H7BrN2O2S/c7-4-3-12-6(9-4)5(11)8-1-2-10/h3,10H,1-2H2,(H,8,11). The van der Waals surface area contributed by atoms with Gasteiger partial charge in [0.15, 0.2) is 5.01 Å². The van der Waals surface area contributed by atoms with Crippen LogP contribution in [0.25, 0.3) is 0 Å². The molecule has 0 saturated heterocycles. The van der Waals surface area contributed by atoms with E-state index in [9.17, 15) is 4.79 Å². The van der Waals surface area contributed by atoms with Crippen molar-refractivity contribution in [3.63, 3.8) is 0 Å². The van der Waals surface area contributed by atoms with Crippen LogP contribution in [0.15, 0.2) is 9.98 Å². The summed E-state index contributed by atoms with van der Waals surface area (Å²) in [5.41, 5.74) is 0. The van der Waals surface area contributed by atoms with E-state index in [-0.39, 0.29) is 19.1 Å². The quantitative estimate of drug-likeness (QED) is 0.828. The SMILES string of the molecule is O=C(NCCO)c1nc(Br)cs1. The number of amides is 1. The van der Waals surface area contributed by atoms with E-state index < -0.39 is 0 Å². The molecule has 0 radical (unpaired) electrons. The Kier molecular flexibility index (Phi) is 3.64. The van der Waals surface area contributed by atoms with Crippen LogP contribution in [0.1, 0.15) is 9.80 Å². The van der Waals surface area contributed by atoms with Gasteiger partial charge in [-0.2, -0.15) is 0 Å². The number of carbonyl (C=O) groups is 1. The fraction of sp³-hybridized carbons (Fsp3) is 0.333. The van der Waals surface area contributed by atoms with Crippen LogP contribution in [-0.2, 0) is 0 Å². The number of aliphatic hydroxyl groups is 1. The molecular weight excluding hydrogens is 244 g/mol. The molecule has 2 N–H and O–H groups in total. The van der Waals surface area contributed by atoms with E-state index in [4.69, 9.17) is 5.11 Å². The lowest BCUT2D eigenvalue weighted by atomic mass is 10.6. The smallest absolute Gasteiger partial charge is 0.280 e. The van der Waals surface area contributed by atoms with Crippen LogP contribution in [0.3, 0.4) is 0 Å². The molecule has 0 aliphatic heterocycles. The maximum absolute atomic E-state index is 11.1. The van der Waals surface area contributed by atoms with E-state index in [1.54, 1.807) is 5.38 Å². The van der Waals surface area contributed by atoms with E-state index in [0.29, 0.717) is 9.61 Å². The molecule has 1 heterocycles. The molecule has 1 rings (SSSR count). The van der Waals surface area contributed by atoms with E-state index in [0.717, 1.165) is 0 Å². The van der Waals surface area contributed by atoms with Gasteiger partial charge in [0.2, 0.25) is 0 Å². The van der Waals surface area contributed by atoms with E-state index in [1.807, 2.05) is 0 Å². The van der Waals surface area contributed by atoms with Crippen LogP contribution in [-0.4, -0.2) is 29.1 Å². The van der Waals surface area contributed by atoms with Crippen molar-refractivity contribution in [1.29, 1.82) is 0 Å². The van der Waals surface area contributed by atoms with Crippen LogP contribution in [0.2, 0.25) is 0 Å². The zero-order valence-electron chi connectivity index (χ0n) is 6.08. The molecule has 12 heavy (non-hydrogen) atoms. The topological polar surface area (TPSA) is 62.2 Å². The summed E-state index contributed by atoms with van der Waals surface area (Å²) in [6.07, 6.45) is 0. The number of aromatic nitrogens is 1. The Morgan fingerprint density at radius 3 is 3.08 bits per heavy atom. The highest BCUT2D eigenvalue weighted by atomic mass is 79.9. The molecule has 1 aromatic heterocycles. The summed E-state index contributed by atoms with van der Waals surface area (Å²) in [5.74, 6) is -0.250. The van der Waals surface area contributed by atoms with Crippen molar-refractivity contribution in [2.24, 2.45) is 0 Å². The molecule has 0 aromatic carbocycles. The number of thiazole rings is 1. The van der Waals surface area contributed by atoms with Crippen molar-refractivity contribution >= 4 is 33.2 Å². The van der Waals surface area contributed by atoms with E-state index >= 15 is 0 Å². The fourth-order valence-corrected chi connectivity index (χ4v) is 1.77. The van der Waals surface area contributed by atoms with Gasteiger partial charge in [-0.15, -0.1) is 11.3 Å². The molecule has 4 nitrogen and oxygen atoms in total. The maximum atomic E-state index is 11.1. The normalized spacial score (nSPS) is 9.83. The molecule has 0 atom stereocenters. The number of hydrogen-bond donors (Lipinski definition) is 2. The summed E-state index contributed by atoms with van der Waals surface area (Å²) in [6.45, 7) is 0.203. The number of nitrogens with one attached hydrogen (secondary N) is 1. The monoisotopic (exact) mass is 250 g/mol. The predicted octanol–water partition coefficient (Wildman–Crippen LogP) is 0.628. The van der Waals surface area contributed by atoms with Gasteiger partial charge in [-0.1, -0.05) is 0 Å². The molecule has 0 unspecified atom stereocenters. The van der Waals surface area contributed by atoms with Crippen molar-refractivity contribution in [2.75, 3.05) is 13.2 Å². The van der Waals surface area contributed by atoms with Gasteiger partial charge in [-0.05, 0) is 15.9 Å². The fourth-order valence-electron chi connectivity index (χ4n) is 0.603. The van der Waals surface area contributed by atoms with E-state index in [1.165, 1.54) is 11.3 Å². The summed E-state index contributed by atoms with van der Waals surface area (Å²) in [4.78, 5) is 15.0. The number of carbonyl (C=O) groups excluding carboxylic acids is 1. The van der Waals surface area contributed by atoms with Crippen molar-refractivity contribution in [2.45, 2.75) is 0 Å². The molecule has 0 bridgehead atoms. The third-order valence-corrected chi connectivity index (χ3v) is 2.62. The van der Waals surface area contributed by atoms with Crippen molar-refractivity contribution in [3.8, 4) is 0 Å². The minimum Gasteiger partial charge on any atom is -0.395 e. The van der Waals surface area contributed by atoms with Gasteiger partial charge in [-0.3, -0.25) is 4.79 Å². The maximum Gasteiger partial charge on any atom is 0.280 e. The summed E-state index contributed by atoms with van der Waals surface area (Å²) >= 11 is 4.39. The van der Waals surface area contributed by atoms with Crippen LogP contribution in [0.4, 0.5) is 0 Å². The number of halogens is 1. The minimum atomic E-state index is -0.250. The highest BCUT2D eigenvalue weighted by Crippen LogP contribution is 2.14. The van der Waals surface area contributed by atoms with Gasteiger partial charge in [0, 0.05) is 11.9 Å². The first-order chi connectivity index (χ1) is 5.74. The lowest BCUT2D eigenvalue weighted by Gasteiger charge is -1.97. The highest BCUT2D eigenvalue weighted by molar-refractivity contribution is 9.10. The average molecular weight is 251 g/mol. The lowest BCUT2D eigenvalue weighted by molar-refractivity contribution is 0.0944. The van der Waals surface area contributed by atoms with Crippen molar-refractivity contribution < 1.29 is 9.90 Å². The van der Waals surface area contributed by atoms with Gasteiger partial charge in [0.05, 0.1) is 6.61 Å². The molecule has 66 valence electrons.